The highest BCUT2D eigenvalue weighted by molar-refractivity contribution is 5.91. The van der Waals surface area contributed by atoms with Crippen molar-refractivity contribution in [2.75, 3.05) is 5.32 Å². The van der Waals surface area contributed by atoms with Crippen LogP contribution in [-0.2, 0) is 11.2 Å². The van der Waals surface area contributed by atoms with Crippen molar-refractivity contribution in [3.8, 4) is 0 Å². The summed E-state index contributed by atoms with van der Waals surface area (Å²) in [7, 11) is 0. The van der Waals surface area contributed by atoms with Gasteiger partial charge in [-0.3, -0.25) is 4.79 Å². The Morgan fingerprint density at radius 3 is 2.44 bits per heavy atom. The average Bonchev–Trinajstić information content (AvgIpc) is 3.14. The molecule has 1 amide bonds. The van der Waals surface area contributed by atoms with E-state index >= 15 is 0 Å². The molecule has 2 aromatic carbocycles. The quantitative estimate of drug-likeness (QED) is 0.689. The van der Waals surface area contributed by atoms with Crippen LogP contribution in [0.1, 0.15) is 30.5 Å². The highest BCUT2D eigenvalue weighted by Gasteiger charge is 2.18. The lowest BCUT2D eigenvalue weighted by atomic mass is 10.0. The number of rotatable bonds is 6. The van der Waals surface area contributed by atoms with Crippen LogP contribution in [0.4, 0.5) is 10.1 Å². The SMILES string of the molecule is CCc1ccc(NC(=O)C[C@H](c2cccc(F)c2)n2cccc2)cc1. The van der Waals surface area contributed by atoms with E-state index in [0.29, 0.717) is 0 Å². The summed E-state index contributed by atoms with van der Waals surface area (Å²) in [6, 6.07) is 17.8. The van der Waals surface area contributed by atoms with Gasteiger partial charge in [0.05, 0.1) is 12.5 Å². The van der Waals surface area contributed by atoms with E-state index in [1.54, 1.807) is 6.07 Å². The summed E-state index contributed by atoms with van der Waals surface area (Å²) in [5, 5.41) is 2.92. The molecule has 4 heteroatoms. The topological polar surface area (TPSA) is 34.0 Å². The van der Waals surface area contributed by atoms with Crippen LogP contribution in [0.15, 0.2) is 73.1 Å². The molecule has 1 atom stereocenters. The van der Waals surface area contributed by atoms with Gasteiger partial charge in [0.2, 0.25) is 5.91 Å². The minimum atomic E-state index is -0.301. The largest absolute Gasteiger partial charge is 0.346 e. The van der Waals surface area contributed by atoms with Gasteiger partial charge < -0.3 is 9.88 Å². The second-order valence-corrected chi connectivity index (χ2v) is 6.00. The Balaban J connectivity index is 1.76. The fourth-order valence-electron chi connectivity index (χ4n) is 2.88. The van der Waals surface area contributed by atoms with Gasteiger partial charge in [0.1, 0.15) is 5.82 Å². The molecular weight excluding hydrogens is 315 g/mol. The van der Waals surface area contributed by atoms with E-state index in [-0.39, 0.29) is 24.2 Å². The predicted molar refractivity (Wildman–Crippen MR) is 98.0 cm³/mol. The van der Waals surface area contributed by atoms with Crippen LogP contribution in [-0.4, -0.2) is 10.5 Å². The number of aryl methyl sites for hydroxylation is 1. The molecule has 0 aliphatic rings. The third-order valence-corrected chi connectivity index (χ3v) is 4.25. The fourth-order valence-corrected chi connectivity index (χ4v) is 2.88. The average molecular weight is 336 g/mol. The molecule has 3 nitrogen and oxygen atoms in total. The van der Waals surface area contributed by atoms with E-state index in [0.717, 1.165) is 17.7 Å². The van der Waals surface area contributed by atoms with Crippen molar-refractivity contribution in [3.63, 3.8) is 0 Å². The van der Waals surface area contributed by atoms with Gasteiger partial charge in [0.25, 0.3) is 0 Å². The number of anilines is 1. The number of aromatic nitrogens is 1. The van der Waals surface area contributed by atoms with E-state index in [1.165, 1.54) is 17.7 Å². The number of carbonyl (C=O) groups excluding carboxylic acids is 1. The highest BCUT2D eigenvalue weighted by atomic mass is 19.1. The Hall–Kier alpha value is -2.88. The second kappa shape index (κ2) is 7.79. The summed E-state index contributed by atoms with van der Waals surface area (Å²) < 4.78 is 15.5. The zero-order valence-electron chi connectivity index (χ0n) is 14.2. The van der Waals surface area contributed by atoms with Crippen LogP contribution < -0.4 is 5.32 Å². The maximum Gasteiger partial charge on any atom is 0.226 e. The van der Waals surface area contributed by atoms with Gasteiger partial charge in [-0.15, -0.1) is 0 Å². The predicted octanol–water partition coefficient (Wildman–Crippen LogP) is 4.81. The van der Waals surface area contributed by atoms with E-state index in [1.807, 2.05) is 59.4 Å². The van der Waals surface area contributed by atoms with Gasteiger partial charge >= 0.3 is 0 Å². The summed E-state index contributed by atoms with van der Waals surface area (Å²) in [5.74, 6) is -0.405. The molecule has 0 bridgehead atoms. The number of hydrogen-bond acceptors (Lipinski definition) is 1. The normalized spacial score (nSPS) is 11.9. The van der Waals surface area contributed by atoms with Gasteiger partial charge in [0.15, 0.2) is 0 Å². The standard InChI is InChI=1S/C21H21FN2O/c1-2-16-8-10-19(11-9-16)23-21(25)15-20(24-12-3-4-13-24)17-6-5-7-18(22)14-17/h3-14,20H,2,15H2,1H3,(H,23,25)/t20-/m1/s1. The van der Waals surface area contributed by atoms with Crippen LogP contribution >= 0.6 is 0 Å². The smallest absolute Gasteiger partial charge is 0.226 e. The highest BCUT2D eigenvalue weighted by Crippen LogP contribution is 2.24. The number of hydrogen-bond donors (Lipinski definition) is 1. The van der Waals surface area contributed by atoms with E-state index in [9.17, 15) is 9.18 Å². The zero-order valence-corrected chi connectivity index (χ0v) is 14.2. The Morgan fingerprint density at radius 1 is 1.08 bits per heavy atom. The Bertz CT molecular complexity index is 825. The molecule has 0 spiro atoms. The van der Waals surface area contributed by atoms with E-state index in [4.69, 9.17) is 0 Å². The van der Waals surface area contributed by atoms with Crippen molar-refractivity contribution in [2.45, 2.75) is 25.8 Å². The molecule has 0 fully saturated rings. The molecule has 25 heavy (non-hydrogen) atoms. The number of amides is 1. The number of benzene rings is 2. The summed E-state index contributed by atoms with van der Waals surface area (Å²) in [6.07, 6.45) is 4.97. The Labute approximate surface area is 147 Å². The summed E-state index contributed by atoms with van der Waals surface area (Å²) in [5.41, 5.74) is 2.77. The Morgan fingerprint density at radius 2 is 1.80 bits per heavy atom. The first-order valence-electron chi connectivity index (χ1n) is 8.42. The maximum absolute atomic E-state index is 13.6. The first-order valence-corrected chi connectivity index (χ1v) is 8.42. The van der Waals surface area contributed by atoms with E-state index in [2.05, 4.69) is 12.2 Å². The van der Waals surface area contributed by atoms with Crippen LogP contribution in [0.25, 0.3) is 0 Å². The van der Waals surface area contributed by atoms with Crippen molar-refractivity contribution in [3.05, 3.63) is 90.0 Å². The lowest BCUT2D eigenvalue weighted by Gasteiger charge is -2.19. The molecule has 0 aliphatic carbocycles. The fraction of sp³-hybridized carbons (Fsp3) is 0.190. The molecular formula is C21H21FN2O. The van der Waals surface area contributed by atoms with Crippen molar-refractivity contribution in [1.82, 2.24) is 4.57 Å². The minimum absolute atomic E-state index is 0.104. The molecule has 3 aromatic rings. The molecule has 0 aliphatic heterocycles. The molecule has 1 aromatic heterocycles. The van der Waals surface area contributed by atoms with Gasteiger partial charge in [-0.05, 0) is 53.9 Å². The van der Waals surface area contributed by atoms with Crippen LogP contribution in [0.3, 0.4) is 0 Å². The van der Waals surface area contributed by atoms with Crippen molar-refractivity contribution >= 4 is 11.6 Å². The van der Waals surface area contributed by atoms with Gasteiger partial charge in [-0.1, -0.05) is 31.2 Å². The second-order valence-electron chi connectivity index (χ2n) is 6.00. The third kappa shape index (κ3) is 4.35. The molecule has 1 N–H and O–H groups in total. The molecule has 1 heterocycles. The summed E-state index contributed by atoms with van der Waals surface area (Å²) in [4.78, 5) is 12.5. The molecule has 0 saturated carbocycles. The summed E-state index contributed by atoms with van der Waals surface area (Å²) >= 11 is 0. The minimum Gasteiger partial charge on any atom is -0.346 e. The van der Waals surface area contributed by atoms with Gasteiger partial charge in [-0.2, -0.15) is 0 Å². The van der Waals surface area contributed by atoms with Crippen LogP contribution in [0.5, 0.6) is 0 Å². The van der Waals surface area contributed by atoms with Crippen LogP contribution in [0, 0.1) is 5.82 Å². The van der Waals surface area contributed by atoms with Crippen molar-refractivity contribution < 1.29 is 9.18 Å². The molecule has 0 saturated heterocycles. The molecule has 128 valence electrons. The number of nitrogens with zero attached hydrogens (tertiary/aromatic N) is 1. The maximum atomic E-state index is 13.6. The summed E-state index contributed by atoms with van der Waals surface area (Å²) in [6.45, 7) is 2.09. The monoisotopic (exact) mass is 336 g/mol. The first kappa shape index (κ1) is 17.0. The number of nitrogens with one attached hydrogen (secondary N) is 1. The van der Waals surface area contributed by atoms with Crippen LogP contribution in [0.2, 0.25) is 0 Å². The van der Waals surface area contributed by atoms with E-state index < -0.39 is 0 Å². The molecule has 0 radical (unpaired) electrons. The molecule has 0 unspecified atom stereocenters. The van der Waals surface area contributed by atoms with Gasteiger partial charge in [0, 0.05) is 18.1 Å². The first-order chi connectivity index (χ1) is 12.2. The Kier molecular flexibility index (Phi) is 5.29. The zero-order chi connectivity index (χ0) is 17.6. The number of halogens is 1. The van der Waals surface area contributed by atoms with Gasteiger partial charge in [-0.25, -0.2) is 4.39 Å². The lowest BCUT2D eigenvalue weighted by molar-refractivity contribution is -0.116. The van der Waals surface area contributed by atoms with Crippen molar-refractivity contribution in [2.24, 2.45) is 0 Å². The third-order valence-electron chi connectivity index (χ3n) is 4.25. The number of carbonyl (C=O) groups is 1. The lowest BCUT2D eigenvalue weighted by Crippen LogP contribution is -2.19. The molecule has 3 rings (SSSR count). The van der Waals surface area contributed by atoms with Crippen molar-refractivity contribution in [1.29, 1.82) is 0 Å².